The van der Waals surface area contributed by atoms with Gasteiger partial charge in [0, 0.05) is 0 Å². The zero-order valence-corrected chi connectivity index (χ0v) is 13.1. The Morgan fingerprint density at radius 1 is 1.22 bits per heavy atom. The predicted molar refractivity (Wildman–Crippen MR) is 80.7 cm³/mol. The third-order valence-electron chi connectivity index (χ3n) is 2.16. The summed E-state index contributed by atoms with van der Waals surface area (Å²) in [5, 5.41) is 16.4. The molecular weight excluding hydrogens is 353 g/mol. The smallest absolute Gasteiger partial charge is 0.341 e. The number of hydrogen-bond acceptors (Lipinski definition) is 6. The van der Waals surface area contributed by atoms with E-state index in [9.17, 15) is 19.2 Å². The highest BCUT2D eigenvalue weighted by Crippen LogP contribution is 2.24. The molecule has 0 bridgehead atoms. The molecule has 0 aliphatic carbocycles. The molecule has 1 rings (SSSR count). The average molecular weight is 366 g/mol. The van der Waals surface area contributed by atoms with Crippen LogP contribution in [0.1, 0.15) is 16.8 Å². The van der Waals surface area contributed by atoms with E-state index in [-0.39, 0.29) is 22.2 Å². The fraction of sp³-hybridized carbons (Fsp3) is 0.231. The predicted octanol–water partition coefficient (Wildman–Crippen LogP) is 1.22. The zero-order chi connectivity index (χ0) is 18.0. The molecule has 1 atom stereocenters. The first kappa shape index (κ1) is 20.8. The van der Waals surface area contributed by atoms with Crippen molar-refractivity contribution in [2.45, 2.75) is 12.5 Å². The number of rotatable bonds is 6. The molecule has 0 spiro atoms. The van der Waals surface area contributed by atoms with Gasteiger partial charge in [0.15, 0.2) is 6.29 Å². The monoisotopic (exact) mass is 365 g/mol. The molecule has 0 heterocycles. The first-order valence-corrected chi connectivity index (χ1v) is 6.71. The Labute approximate surface area is 140 Å². The summed E-state index contributed by atoms with van der Waals surface area (Å²) >= 11 is 11.5. The van der Waals surface area contributed by atoms with E-state index < -0.39 is 30.4 Å². The lowest BCUT2D eigenvalue weighted by molar-refractivity contribution is -0.144. The zero-order valence-electron chi connectivity index (χ0n) is 11.6. The van der Waals surface area contributed by atoms with E-state index in [2.05, 4.69) is 4.74 Å². The van der Waals surface area contributed by atoms with Crippen LogP contribution in [0.2, 0.25) is 10.0 Å². The first-order chi connectivity index (χ1) is 10.7. The van der Waals surface area contributed by atoms with Crippen molar-refractivity contribution in [2.24, 2.45) is 5.73 Å². The van der Waals surface area contributed by atoms with Crippen molar-refractivity contribution in [3.63, 3.8) is 0 Å². The van der Waals surface area contributed by atoms with Crippen LogP contribution in [0.15, 0.2) is 18.2 Å². The van der Waals surface area contributed by atoms with Gasteiger partial charge in [-0.25, -0.2) is 4.79 Å². The number of nitrogens with two attached hydrogens (primary N) is 1. The van der Waals surface area contributed by atoms with Crippen LogP contribution in [-0.4, -0.2) is 47.1 Å². The largest absolute Gasteiger partial charge is 0.481 e. The molecule has 1 aromatic carbocycles. The molecule has 10 heteroatoms. The maximum absolute atomic E-state index is 11.3. The standard InChI is InChI=1S/C9H6Cl2O3.C4H7NO4/c10-6-2-1-3-7(11)8(6)9(13)14-5-4-12;5-2(4(8)9)1-3(6)7/h1-4H,5H2;2H,1,5H2,(H,6,7)(H,8,9). The van der Waals surface area contributed by atoms with Gasteiger partial charge in [-0.15, -0.1) is 0 Å². The molecule has 0 saturated carbocycles. The number of aldehydes is 1. The number of carbonyl (C=O) groups excluding carboxylic acids is 2. The van der Waals surface area contributed by atoms with E-state index in [1.165, 1.54) is 12.1 Å². The van der Waals surface area contributed by atoms with Gasteiger partial charge in [0.05, 0.1) is 22.0 Å². The number of hydrogen-bond donors (Lipinski definition) is 3. The summed E-state index contributed by atoms with van der Waals surface area (Å²) in [6.45, 7) is -0.305. The van der Waals surface area contributed by atoms with Gasteiger partial charge >= 0.3 is 17.9 Å². The minimum atomic E-state index is -1.29. The molecule has 23 heavy (non-hydrogen) atoms. The van der Waals surface area contributed by atoms with Crippen LogP contribution in [0.4, 0.5) is 0 Å². The second-order valence-corrected chi connectivity index (χ2v) is 4.72. The molecule has 0 fully saturated rings. The molecule has 126 valence electrons. The van der Waals surface area contributed by atoms with Crippen LogP contribution in [0.25, 0.3) is 0 Å². The maximum Gasteiger partial charge on any atom is 0.341 e. The fourth-order valence-corrected chi connectivity index (χ4v) is 1.70. The van der Waals surface area contributed by atoms with E-state index in [0.717, 1.165) is 0 Å². The average Bonchev–Trinajstić information content (AvgIpc) is 2.44. The van der Waals surface area contributed by atoms with Crippen LogP contribution in [0.5, 0.6) is 0 Å². The molecule has 8 nitrogen and oxygen atoms in total. The van der Waals surface area contributed by atoms with Crippen LogP contribution < -0.4 is 5.73 Å². The third kappa shape index (κ3) is 8.15. The van der Waals surface area contributed by atoms with Crippen molar-refractivity contribution < 1.29 is 34.1 Å². The van der Waals surface area contributed by atoms with Gasteiger partial charge in [-0.1, -0.05) is 29.3 Å². The summed E-state index contributed by atoms with van der Waals surface area (Å²) in [6, 6.07) is 3.36. The number of benzene rings is 1. The molecule has 0 radical (unpaired) electrons. The Hall–Kier alpha value is -2.16. The molecule has 0 aliphatic heterocycles. The molecular formula is C13H13Cl2NO7. The highest BCUT2D eigenvalue weighted by atomic mass is 35.5. The first-order valence-electron chi connectivity index (χ1n) is 5.95. The van der Waals surface area contributed by atoms with Crippen molar-refractivity contribution >= 4 is 47.4 Å². The molecule has 0 aliphatic rings. The van der Waals surface area contributed by atoms with Crippen molar-refractivity contribution in [2.75, 3.05) is 6.61 Å². The number of ether oxygens (including phenoxy) is 1. The van der Waals surface area contributed by atoms with E-state index >= 15 is 0 Å². The second-order valence-electron chi connectivity index (χ2n) is 3.90. The lowest BCUT2D eigenvalue weighted by Crippen LogP contribution is -2.32. The van der Waals surface area contributed by atoms with Crippen molar-refractivity contribution in [1.82, 2.24) is 0 Å². The van der Waals surface area contributed by atoms with Gasteiger partial charge in [0.25, 0.3) is 0 Å². The SMILES string of the molecule is NC(CC(=O)O)C(=O)O.O=CCOC(=O)c1c(Cl)cccc1Cl. The molecule has 1 aromatic rings. The summed E-state index contributed by atoms with van der Waals surface area (Å²) in [7, 11) is 0. The Bertz CT molecular complexity index is 571. The van der Waals surface area contributed by atoms with Gasteiger partial charge in [-0.05, 0) is 12.1 Å². The number of carboxylic acids is 2. The number of aliphatic carboxylic acids is 2. The Kier molecular flexibility index (Phi) is 9.56. The van der Waals surface area contributed by atoms with Crippen LogP contribution in [0, 0.1) is 0 Å². The normalized spacial score (nSPS) is 10.7. The fourth-order valence-electron chi connectivity index (χ4n) is 1.15. The highest BCUT2D eigenvalue weighted by molar-refractivity contribution is 6.39. The molecule has 0 aromatic heterocycles. The third-order valence-corrected chi connectivity index (χ3v) is 2.79. The van der Waals surface area contributed by atoms with Gasteiger partial charge in [-0.3, -0.25) is 14.4 Å². The van der Waals surface area contributed by atoms with Gasteiger partial charge < -0.3 is 20.7 Å². The van der Waals surface area contributed by atoms with Gasteiger partial charge in [-0.2, -0.15) is 0 Å². The van der Waals surface area contributed by atoms with Crippen molar-refractivity contribution in [1.29, 1.82) is 0 Å². The summed E-state index contributed by atoms with van der Waals surface area (Å²) in [6.07, 6.45) is -0.0576. The Morgan fingerprint density at radius 2 is 1.74 bits per heavy atom. The van der Waals surface area contributed by atoms with Crippen LogP contribution in [-0.2, 0) is 19.1 Å². The quantitative estimate of drug-likeness (QED) is 0.504. The molecule has 0 saturated heterocycles. The topological polar surface area (TPSA) is 144 Å². The molecule has 4 N–H and O–H groups in total. The summed E-state index contributed by atoms with van der Waals surface area (Å²) in [5.74, 6) is -3.20. The van der Waals surface area contributed by atoms with E-state index in [0.29, 0.717) is 6.29 Å². The Morgan fingerprint density at radius 3 is 2.09 bits per heavy atom. The van der Waals surface area contributed by atoms with E-state index in [1.807, 2.05) is 0 Å². The second kappa shape index (κ2) is 10.5. The lowest BCUT2D eigenvalue weighted by atomic mass is 10.2. The lowest BCUT2D eigenvalue weighted by Gasteiger charge is -2.04. The minimum Gasteiger partial charge on any atom is -0.481 e. The van der Waals surface area contributed by atoms with Crippen LogP contribution in [0.3, 0.4) is 0 Å². The minimum absolute atomic E-state index is 0.0812. The maximum atomic E-state index is 11.3. The van der Waals surface area contributed by atoms with Gasteiger partial charge in [0.2, 0.25) is 0 Å². The van der Waals surface area contributed by atoms with Gasteiger partial charge in [0.1, 0.15) is 12.6 Å². The number of halogens is 2. The van der Waals surface area contributed by atoms with Crippen molar-refractivity contribution in [3.8, 4) is 0 Å². The molecule has 0 amide bonds. The van der Waals surface area contributed by atoms with Crippen molar-refractivity contribution in [3.05, 3.63) is 33.8 Å². The highest BCUT2D eigenvalue weighted by Gasteiger charge is 2.15. The summed E-state index contributed by atoms with van der Waals surface area (Å²) < 4.78 is 4.56. The number of esters is 1. The Balaban J connectivity index is 0.000000468. The summed E-state index contributed by atoms with van der Waals surface area (Å²) in [4.78, 5) is 40.9. The molecule has 1 unspecified atom stereocenters. The van der Waals surface area contributed by atoms with E-state index in [4.69, 9.17) is 39.1 Å². The number of carbonyl (C=O) groups is 4. The summed E-state index contributed by atoms with van der Waals surface area (Å²) in [5.41, 5.74) is 4.92. The number of carboxylic acid groups (broad SMARTS) is 2. The van der Waals surface area contributed by atoms with E-state index in [1.54, 1.807) is 6.07 Å². The van der Waals surface area contributed by atoms with Crippen LogP contribution >= 0.6 is 23.2 Å².